The Balaban J connectivity index is 2.81. The van der Waals surface area contributed by atoms with Crippen molar-refractivity contribution in [3.63, 3.8) is 0 Å². The Bertz CT molecular complexity index is 527. The molecule has 0 radical (unpaired) electrons. The van der Waals surface area contributed by atoms with Gasteiger partial charge in [0.25, 0.3) is 0 Å². The normalized spacial score (nSPS) is 11.8. The predicted molar refractivity (Wildman–Crippen MR) is 84.4 cm³/mol. The van der Waals surface area contributed by atoms with Crippen molar-refractivity contribution in [2.45, 2.75) is 37.5 Å². The molecule has 0 bridgehead atoms. The summed E-state index contributed by atoms with van der Waals surface area (Å²) in [5.41, 5.74) is 6.95. The second kappa shape index (κ2) is 7.50. The lowest BCUT2D eigenvalue weighted by molar-refractivity contribution is 0.521. The number of hydrogen-bond acceptors (Lipinski definition) is 4. The van der Waals surface area contributed by atoms with Gasteiger partial charge >= 0.3 is 0 Å². The van der Waals surface area contributed by atoms with E-state index in [0.717, 1.165) is 13.0 Å². The minimum absolute atomic E-state index is 0.154. The van der Waals surface area contributed by atoms with Crippen molar-refractivity contribution in [1.82, 2.24) is 4.31 Å². The molecule has 20 heavy (non-hydrogen) atoms. The van der Waals surface area contributed by atoms with Crippen LogP contribution in [-0.2, 0) is 10.0 Å². The lowest BCUT2D eigenvalue weighted by Gasteiger charge is -2.16. The van der Waals surface area contributed by atoms with E-state index in [4.69, 9.17) is 5.73 Å². The average Bonchev–Trinajstić information content (AvgIpc) is 2.39. The van der Waals surface area contributed by atoms with Crippen LogP contribution in [-0.4, -0.2) is 33.4 Å². The molecule has 0 aliphatic carbocycles. The smallest absolute Gasteiger partial charge is 0.244 e. The van der Waals surface area contributed by atoms with Crippen LogP contribution < -0.4 is 11.1 Å². The average molecular weight is 299 g/mol. The van der Waals surface area contributed by atoms with E-state index in [2.05, 4.69) is 12.2 Å². The van der Waals surface area contributed by atoms with Crippen LogP contribution in [0, 0.1) is 0 Å². The second-order valence-electron chi connectivity index (χ2n) is 4.99. The molecule has 0 heterocycles. The van der Waals surface area contributed by atoms with Gasteiger partial charge < -0.3 is 11.1 Å². The molecule has 6 heteroatoms. The maximum absolute atomic E-state index is 12.1. The molecule has 0 saturated heterocycles. The van der Waals surface area contributed by atoms with Crippen molar-refractivity contribution in [1.29, 1.82) is 0 Å². The van der Waals surface area contributed by atoms with E-state index in [1.807, 2.05) is 6.07 Å². The van der Waals surface area contributed by atoms with E-state index < -0.39 is 10.0 Å². The van der Waals surface area contributed by atoms with Crippen LogP contribution in [0.5, 0.6) is 0 Å². The molecule has 0 amide bonds. The molecular weight excluding hydrogens is 274 g/mol. The first-order valence-electron chi connectivity index (χ1n) is 6.96. The molecule has 1 rings (SSSR count). The summed E-state index contributed by atoms with van der Waals surface area (Å²) >= 11 is 0. The first-order valence-corrected chi connectivity index (χ1v) is 8.40. The van der Waals surface area contributed by atoms with Crippen molar-refractivity contribution >= 4 is 21.4 Å². The van der Waals surface area contributed by atoms with Gasteiger partial charge in [-0.25, -0.2) is 12.7 Å². The molecule has 0 spiro atoms. The molecule has 0 unspecified atom stereocenters. The van der Waals surface area contributed by atoms with Gasteiger partial charge in [0, 0.05) is 20.6 Å². The number of unbranched alkanes of at least 4 members (excludes halogenated alkanes) is 3. The molecule has 0 aliphatic heterocycles. The third kappa shape index (κ3) is 4.11. The summed E-state index contributed by atoms with van der Waals surface area (Å²) in [6, 6.07) is 5.05. The predicted octanol–water partition coefficient (Wildman–Crippen LogP) is 2.51. The summed E-state index contributed by atoms with van der Waals surface area (Å²) < 4.78 is 25.4. The monoisotopic (exact) mass is 299 g/mol. The van der Waals surface area contributed by atoms with Crippen molar-refractivity contribution < 1.29 is 8.42 Å². The molecule has 114 valence electrons. The number of nitrogens with one attached hydrogen (secondary N) is 1. The fraction of sp³-hybridized carbons (Fsp3) is 0.571. The Morgan fingerprint density at radius 2 is 1.90 bits per heavy atom. The SMILES string of the molecule is CCCCCCNc1cccc(S(=O)(=O)N(C)C)c1N. The van der Waals surface area contributed by atoms with Gasteiger partial charge in [0.05, 0.1) is 11.4 Å². The number of anilines is 2. The van der Waals surface area contributed by atoms with Gasteiger partial charge in [0.1, 0.15) is 4.90 Å². The van der Waals surface area contributed by atoms with Crippen LogP contribution in [0.15, 0.2) is 23.1 Å². The summed E-state index contributed by atoms with van der Waals surface area (Å²) in [5, 5.41) is 3.22. The first kappa shape index (κ1) is 16.8. The highest BCUT2D eigenvalue weighted by atomic mass is 32.2. The second-order valence-corrected chi connectivity index (χ2v) is 7.11. The van der Waals surface area contributed by atoms with Gasteiger partial charge in [-0.05, 0) is 18.6 Å². The van der Waals surface area contributed by atoms with Gasteiger partial charge in [0.15, 0.2) is 0 Å². The Kier molecular flexibility index (Phi) is 6.29. The third-order valence-electron chi connectivity index (χ3n) is 3.17. The zero-order chi connectivity index (χ0) is 15.2. The Labute approximate surface area is 122 Å². The Hall–Kier alpha value is -1.27. The molecule has 0 saturated carbocycles. The summed E-state index contributed by atoms with van der Waals surface area (Å²) in [5.74, 6) is 0. The topological polar surface area (TPSA) is 75.4 Å². The first-order chi connectivity index (χ1) is 9.41. The highest BCUT2D eigenvalue weighted by Crippen LogP contribution is 2.28. The van der Waals surface area contributed by atoms with Crippen molar-refractivity contribution in [2.75, 3.05) is 31.7 Å². The van der Waals surface area contributed by atoms with Crippen LogP contribution >= 0.6 is 0 Å². The minimum Gasteiger partial charge on any atom is -0.396 e. The summed E-state index contributed by atoms with van der Waals surface area (Å²) in [6.07, 6.45) is 4.63. The molecular formula is C14H25N3O2S. The molecule has 1 aromatic carbocycles. The number of para-hydroxylation sites is 1. The van der Waals surface area contributed by atoms with E-state index in [9.17, 15) is 8.42 Å². The van der Waals surface area contributed by atoms with Crippen LogP contribution in [0.2, 0.25) is 0 Å². The van der Waals surface area contributed by atoms with E-state index >= 15 is 0 Å². The molecule has 3 N–H and O–H groups in total. The van der Waals surface area contributed by atoms with Crippen LogP contribution in [0.3, 0.4) is 0 Å². The number of hydrogen-bond donors (Lipinski definition) is 2. The van der Waals surface area contributed by atoms with Crippen LogP contribution in [0.1, 0.15) is 32.6 Å². The van der Waals surface area contributed by atoms with E-state index in [-0.39, 0.29) is 10.6 Å². The Morgan fingerprint density at radius 3 is 2.50 bits per heavy atom. The van der Waals surface area contributed by atoms with E-state index in [1.54, 1.807) is 6.07 Å². The number of sulfonamides is 1. The standard InChI is InChI=1S/C14H25N3O2S/c1-4-5-6-7-11-16-12-9-8-10-13(14(12)15)20(18,19)17(2)3/h8-10,16H,4-7,11,15H2,1-3H3. The largest absolute Gasteiger partial charge is 0.396 e. The molecule has 5 nitrogen and oxygen atoms in total. The minimum atomic E-state index is -3.50. The molecule has 0 aromatic heterocycles. The van der Waals surface area contributed by atoms with Gasteiger partial charge in [-0.1, -0.05) is 32.3 Å². The number of benzene rings is 1. The van der Waals surface area contributed by atoms with Gasteiger partial charge in [-0.3, -0.25) is 0 Å². The highest BCUT2D eigenvalue weighted by molar-refractivity contribution is 7.89. The van der Waals surface area contributed by atoms with Gasteiger partial charge in [0.2, 0.25) is 10.0 Å². The summed E-state index contributed by atoms with van der Waals surface area (Å²) in [6.45, 7) is 2.97. The Morgan fingerprint density at radius 1 is 1.20 bits per heavy atom. The fourth-order valence-electron chi connectivity index (χ4n) is 1.89. The number of nitrogen functional groups attached to an aromatic ring is 1. The maximum atomic E-state index is 12.1. The molecule has 0 atom stereocenters. The maximum Gasteiger partial charge on any atom is 0.244 e. The number of nitrogens with zero attached hydrogens (tertiary/aromatic N) is 1. The van der Waals surface area contributed by atoms with Crippen LogP contribution in [0.4, 0.5) is 11.4 Å². The molecule has 0 aliphatic rings. The van der Waals surface area contributed by atoms with Crippen molar-refractivity contribution in [3.8, 4) is 0 Å². The lowest BCUT2D eigenvalue weighted by atomic mass is 10.2. The summed E-state index contributed by atoms with van der Waals surface area (Å²) in [4.78, 5) is 0.154. The molecule has 1 aromatic rings. The summed E-state index contributed by atoms with van der Waals surface area (Å²) in [7, 11) is -0.502. The van der Waals surface area contributed by atoms with Gasteiger partial charge in [-0.2, -0.15) is 0 Å². The van der Waals surface area contributed by atoms with Crippen molar-refractivity contribution in [3.05, 3.63) is 18.2 Å². The fourth-order valence-corrected chi connectivity index (χ4v) is 2.93. The van der Waals surface area contributed by atoms with E-state index in [0.29, 0.717) is 5.69 Å². The van der Waals surface area contributed by atoms with Crippen molar-refractivity contribution in [2.24, 2.45) is 0 Å². The lowest BCUT2D eigenvalue weighted by Crippen LogP contribution is -2.23. The highest BCUT2D eigenvalue weighted by Gasteiger charge is 2.21. The number of rotatable bonds is 8. The number of nitrogens with two attached hydrogens (primary N) is 1. The zero-order valence-electron chi connectivity index (χ0n) is 12.5. The quantitative estimate of drug-likeness (QED) is 0.571. The van der Waals surface area contributed by atoms with Crippen LogP contribution in [0.25, 0.3) is 0 Å². The van der Waals surface area contributed by atoms with E-state index in [1.165, 1.54) is 43.7 Å². The molecule has 0 fully saturated rings. The third-order valence-corrected chi connectivity index (χ3v) is 5.04. The zero-order valence-corrected chi connectivity index (χ0v) is 13.3. The van der Waals surface area contributed by atoms with Gasteiger partial charge in [-0.15, -0.1) is 0 Å².